The zero-order valence-corrected chi connectivity index (χ0v) is 16.6. The summed E-state index contributed by atoms with van der Waals surface area (Å²) < 4.78 is 9.27. The number of hydrogen-bond acceptors (Lipinski definition) is 7. The molecule has 2 N–H and O–H groups in total. The molecule has 0 aromatic carbocycles. The molecule has 5 amide bonds. The highest BCUT2D eigenvalue weighted by Crippen LogP contribution is 2.46. The highest BCUT2D eigenvalue weighted by atomic mass is 16.6. The molecule has 2 unspecified atom stereocenters. The van der Waals surface area contributed by atoms with Gasteiger partial charge in [-0.15, -0.1) is 0 Å². The van der Waals surface area contributed by atoms with Crippen LogP contribution >= 0.6 is 0 Å². The standard InChI is InChI=1S/C18H27N3O7/c1-5-27-16(26)19-12(22)9-28-13(23)8-21-14(24)18(20-15(21)25)7-11(2)6-17(3,4)10-18/h11H,5-10H2,1-4H3,(H,20,25)(H,19,22,26). The first-order chi connectivity index (χ1) is 13.0. The van der Waals surface area contributed by atoms with E-state index in [0.29, 0.717) is 12.8 Å². The summed E-state index contributed by atoms with van der Waals surface area (Å²) in [6, 6.07) is -0.650. The smallest absolute Gasteiger partial charge is 0.413 e. The van der Waals surface area contributed by atoms with Crippen molar-refractivity contribution in [3.8, 4) is 0 Å². The number of esters is 1. The molecular weight excluding hydrogens is 370 g/mol. The van der Waals surface area contributed by atoms with Crippen molar-refractivity contribution in [2.45, 2.75) is 52.5 Å². The summed E-state index contributed by atoms with van der Waals surface area (Å²) in [5.74, 6) is -2.01. The Kier molecular flexibility index (Phi) is 6.30. The van der Waals surface area contributed by atoms with Crippen molar-refractivity contribution in [3.63, 3.8) is 0 Å². The number of amides is 5. The summed E-state index contributed by atoms with van der Waals surface area (Å²) in [5, 5.41) is 4.63. The number of carbonyl (C=O) groups excluding carboxylic acids is 5. The lowest BCUT2D eigenvalue weighted by atomic mass is 9.64. The van der Waals surface area contributed by atoms with Crippen molar-refractivity contribution in [1.29, 1.82) is 0 Å². The van der Waals surface area contributed by atoms with E-state index in [1.165, 1.54) is 0 Å². The van der Waals surface area contributed by atoms with Gasteiger partial charge in [-0.25, -0.2) is 9.59 Å². The second kappa shape index (κ2) is 8.15. The fraction of sp³-hybridized carbons (Fsp3) is 0.722. The van der Waals surface area contributed by atoms with Gasteiger partial charge in [0.05, 0.1) is 6.61 Å². The minimum Gasteiger partial charge on any atom is -0.454 e. The van der Waals surface area contributed by atoms with E-state index in [-0.39, 0.29) is 17.9 Å². The highest BCUT2D eigenvalue weighted by molar-refractivity contribution is 6.09. The van der Waals surface area contributed by atoms with Crippen molar-refractivity contribution in [1.82, 2.24) is 15.5 Å². The first-order valence-electron chi connectivity index (χ1n) is 9.24. The topological polar surface area (TPSA) is 131 Å². The van der Waals surface area contributed by atoms with Gasteiger partial charge in [0.15, 0.2) is 6.61 Å². The van der Waals surface area contributed by atoms with Gasteiger partial charge in [0, 0.05) is 0 Å². The first-order valence-corrected chi connectivity index (χ1v) is 9.24. The van der Waals surface area contributed by atoms with Crippen LogP contribution in [-0.2, 0) is 23.9 Å². The molecule has 1 aliphatic heterocycles. The molecule has 1 saturated carbocycles. The zero-order chi connectivity index (χ0) is 21.1. The lowest BCUT2D eigenvalue weighted by Gasteiger charge is -2.43. The number of carbonyl (C=O) groups is 5. The van der Waals surface area contributed by atoms with Crippen LogP contribution in [0.1, 0.15) is 47.0 Å². The van der Waals surface area contributed by atoms with Crippen LogP contribution < -0.4 is 10.6 Å². The van der Waals surface area contributed by atoms with E-state index < -0.39 is 48.6 Å². The fourth-order valence-electron chi connectivity index (χ4n) is 4.29. The molecule has 2 atom stereocenters. The van der Waals surface area contributed by atoms with Crippen LogP contribution in [0.2, 0.25) is 0 Å². The number of nitrogens with zero attached hydrogens (tertiary/aromatic N) is 1. The number of alkyl carbamates (subject to hydrolysis) is 1. The molecule has 1 aliphatic carbocycles. The Balaban J connectivity index is 1.93. The molecule has 2 fully saturated rings. The van der Waals surface area contributed by atoms with Gasteiger partial charge >= 0.3 is 18.1 Å². The maximum atomic E-state index is 12.9. The predicted octanol–water partition coefficient (Wildman–Crippen LogP) is 0.939. The molecule has 2 rings (SSSR count). The van der Waals surface area contributed by atoms with Gasteiger partial charge in [-0.05, 0) is 37.5 Å². The SMILES string of the molecule is CCOC(=O)NC(=O)COC(=O)CN1C(=O)NC2(CC(C)CC(C)(C)C2)C1=O. The summed E-state index contributed by atoms with van der Waals surface area (Å²) in [6.45, 7) is 6.45. The minimum atomic E-state index is -1.01. The summed E-state index contributed by atoms with van der Waals surface area (Å²) in [6.07, 6.45) is 0.987. The Morgan fingerprint density at radius 2 is 1.89 bits per heavy atom. The Bertz CT molecular complexity index is 691. The van der Waals surface area contributed by atoms with Crippen molar-refractivity contribution >= 4 is 29.9 Å². The predicted molar refractivity (Wildman–Crippen MR) is 95.9 cm³/mol. The highest BCUT2D eigenvalue weighted by Gasteiger charge is 2.56. The lowest BCUT2D eigenvalue weighted by molar-refractivity contribution is -0.151. The molecule has 10 nitrogen and oxygen atoms in total. The summed E-state index contributed by atoms with van der Waals surface area (Å²) in [4.78, 5) is 60.6. The minimum absolute atomic E-state index is 0.0856. The number of rotatable bonds is 5. The van der Waals surface area contributed by atoms with E-state index >= 15 is 0 Å². The molecule has 10 heteroatoms. The molecular formula is C18H27N3O7. The van der Waals surface area contributed by atoms with Gasteiger partial charge in [0.1, 0.15) is 12.1 Å². The van der Waals surface area contributed by atoms with E-state index in [1.807, 2.05) is 26.1 Å². The van der Waals surface area contributed by atoms with Gasteiger partial charge in [0.25, 0.3) is 11.8 Å². The van der Waals surface area contributed by atoms with Crippen LogP contribution in [0.3, 0.4) is 0 Å². The normalized spacial score (nSPS) is 26.0. The third kappa shape index (κ3) is 4.99. The Hall–Kier alpha value is -2.65. The number of imide groups is 2. The van der Waals surface area contributed by atoms with Crippen molar-refractivity contribution < 1.29 is 33.4 Å². The number of ether oxygens (including phenoxy) is 2. The van der Waals surface area contributed by atoms with Crippen LogP contribution in [0.5, 0.6) is 0 Å². The average Bonchev–Trinajstić information content (AvgIpc) is 2.74. The van der Waals surface area contributed by atoms with Crippen LogP contribution in [0.4, 0.5) is 9.59 Å². The van der Waals surface area contributed by atoms with Gasteiger partial charge in [-0.3, -0.25) is 24.6 Å². The fourth-order valence-corrected chi connectivity index (χ4v) is 4.29. The second-order valence-corrected chi connectivity index (χ2v) is 8.19. The molecule has 156 valence electrons. The molecule has 0 radical (unpaired) electrons. The third-order valence-electron chi connectivity index (χ3n) is 4.79. The van der Waals surface area contributed by atoms with Gasteiger partial charge in [-0.1, -0.05) is 20.8 Å². The van der Waals surface area contributed by atoms with Gasteiger partial charge in [0.2, 0.25) is 0 Å². The molecule has 1 spiro atoms. The zero-order valence-electron chi connectivity index (χ0n) is 16.6. The molecule has 1 heterocycles. The third-order valence-corrected chi connectivity index (χ3v) is 4.79. The lowest BCUT2D eigenvalue weighted by Crippen LogP contribution is -2.54. The van der Waals surface area contributed by atoms with Gasteiger partial charge in [-0.2, -0.15) is 0 Å². The second-order valence-electron chi connectivity index (χ2n) is 8.19. The molecule has 0 bridgehead atoms. The van der Waals surface area contributed by atoms with Crippen LogP contribution in [-0.4, -0.2) is 60.1 Å². The molecule has 0 aromatic heterocycles. The van der Waals surface area contributed by atoms with E-state index in [9.17, 15) is 24.0 Å². The number of nitrogens with one attached hydrogen (secondary N) is 2. The molecule has 28 heavy (non-hydrogen) atoms. The quantitative estimate of drug-likeness (QED) is 0.521. The van der Waals surface area contributed by atoms with Crippen LogP contribution in [0, 0.1) is 11.3 Å². The Morgan fingerprint density at radius 3 is 2.50 bits per heavy atom. The Labute approximate surface area is 163 Å². The largest absolute Gasteiger partial charge is 0.454 e. The number of hydrogen-bond donors (Lipinski definition) is 2. The molecule has 1 saturated heterocycles. The van der Waals surface area contributed by atoms with Crippen molar-refractivity contribution in [2.75, 3.05) is 19.8 Å². The van der Waals surface area contributed by atoms with E-state index in [4.69, 9.17) is 4.74 Å². The summed E-state index contributed by atoms with van der Waals surface area (Å²) in [5.41, 5.74) is -1.14. The summed E-state index contributed by atoms with van der Waals surface area (Å²) in [7, 11) is 0. The van der Waals surface area contributed by atoms with E-state index in [1.54, 1.807) is 6.92 Å². The van der Waals surface area contributed by atoms with E-state index in [0.717, 1.165) is 11.3 Å². The van der Waals surface area contributed by atoms with E-state index in [2.05, 4.69) is 10.1 Å². The number of urea groups is 1. The maximum Gasteiger partial charge on any atom is 0.413 e. The van der Waals surface area contributed by atoms with Crippen molar-refractivity contribution in [3.05, 3.63) is 0 Å². The monoisotopic (exact) mass is 397 g/mol. The van der Waals surface area contributed by atoms with Crippen LogP contribution in [0.25, 0.3) is 0 Å². The van der Waals surface area contributed by atoms with Gasteiger partial charge < -0.3 is 14.8 Å². The average molecular weight is 397 g/mol. The Morgan fingerprint density at radius 1 is 1.21 bits per heavy atom. The first kappa shape index (κ1) is 21.6. The molecule has 2 aliphatic rings. The van der Waals surface area contributed by atoms with Crippen molar-refractivity contribution in [2.24, 2.45) is 11.3 Å². The summed E-state index contributed by atoms with van der Waals surface area (Å²) >= 11 is 0. The maximum absolute atomic E-state index is 12.9. The van der Waals surface area contributed by atoms with Crippen LogP contribution in [0.15, 0.2) is 0 Å². The molecule has 0 aromatic rings.